The number of ketones is 1. The first-order chi connectivity index (χ1) is 19.8. The lowest BCUT2D eigenvalue weighted by molar-refractivity contribution is -0.137. The van der Waals surface area contributed by atoms with Gasteiger partial charge in [0.2, 0.25) is 11.8 Å². The van der Waals surface area contributed by atoms with E-state index in [1.165, 1.54) is 17.7 Å². The summed E-state index contributed by atoms with van der Waals surface area (Å²) in [5, 5.41) is 14.0. The zero-order chi connectivity index (χ0) is 28.7. The summed E-state index contributed by atoms with van der Waals surface area (Å²) < 4.78 is 31.6. The Morgan fingerprint density at radius 1 is 1.02 bits per heavy atom. The number of hydrogen-bond donors (Lipinski definition) is 3. The normalized spacial score (nSPS) is 18.0. The third-order valence-electron chi connectivity index (χ3n) is 7.49. The van der Waals surface area contributed by atoms with Crippen molar-refractivity contribution >= 4 is 45.6 Å². The maximum Gasteiger partial charge on any atom is 0.247 e. The van der Waals surface area contributed by atoms with Gasteiger partial charge in [-0.25, -0.2) is 8.78 Å². The van der Waals surface area contributed by atoms with Crippen LogP contribution in [0.4, 0.5) is 25.8 Å². The summed E-state index contributed by atoms with van der Waals surface area (Å²) in [6.45, 7) is 2.38. The largest absolute Gasteiger partial charge is 0.382 e. The van der Waals surface area contributed by atoms with Crippen molar-refractivity contribution < 1.29 is 23.2 Å². The lowest BCUT2D eigenvalue weighted by atomic mass is 10.0. The van der Waals surface area contributed by atoms with Crippen molar-refractivity contribution in [1.82, 2.24) is 14.7 Å². The molecule has 2 amide bonds. The summed E-state index contributed by atoms with van der Waals surface area (Å²) >= 11 is 0. The Morgan fingerprint density at radius 3 is 2.61 bits per heavy atom. The van der Waals surface area contributed by atoms with Crippen LogP contribution in [0.3, 0.4) is 0 Å². The molecule has 210 valence electrons. The van der Waals surface area contributed by atoms with Crippen molar-refractivity contribution in [1.29, 1.82) is 0 Å². The number of aromatic nitrogens is 2. The van der Waals surface area contributed by atoms with E-state index in [0.717, 1.165) is 29.4 Å². The van der Waals surface area contributed by atoms with E-state index in [-0.39, 0.29) is 36.7 Å². The number of anilines is 3. The van der Waals surface area contributed by atoms with Crippen LogP contribution in [0.1, 0.15) is 23.8 Å². The van der Waals surface area contributed by atoms with E-state index in [4.69, 9.17) is 0 Å². The molecule has 3 aromatic carbocycles. The highest BCUT2D eigenvalue weighted by atomic mass is 19.1. The van der Waals surface area contributed by atoms with Gasteiger partial charge in [0.05, 0.1) is 29.1 Å². The molecule has 41 heavy (non-hydrogen) atoms. The fourth-order valence-electron chi connectivity index (χ4n) is 5.51. The fourth-order valence-corrected chi connectivity index (χ4v) is 5.51. The quantitative estimate of drug-likeness (QED) is 0.302. The van der Waals surface area contributed by atoms with E-state index >= 15 is 4.39 Å². The Bertz CT molecular complexity index is 1690. The Kier molecular flexibility index (Phi) is 6.86. The zero-order valence-corrected chi connectivity index (χ0v) is 22.3. The average molecular weight is 559 g/mol. The molecule has 9 nitrogen and oxygen atoms in total. The van der Waals surface area contributed by atoms with Gasteiger partial charge < -0.3 is 20.9 Å². The van der Waals surface area contributed by atoms with Gasteiger partial charge in [0.15, 0.2) is 11.6 Å². The number of benzene rings is 3. The molecule has 0 radical (unpaired) electrons. The number of fused-ring (bicyclic) bond motifs is 2. The first-order valence-corrected chi connectivity index (χ1v) is 13.4. The van der Waals surface area contributed by atoms with Gasteiger partial charge in [0, 0.05) is 37.4 Å². The molecule has 0 aliphatic carbocycles. The first kappa shape index (κ1) is 26.4. The smallest absolute Gasteiger partial charge is 0.247 e. The molecule has 0 spiro atoms. The predicted molar refractivity (Wildman–Crippen MR) is 152 cm³/mol. The SMILES string of the molecule is CC(=O)c1nn(CC(=O)N2C[C@H](F)C[C@H]2C(=O)Nc2cccc(-c3ccc4c(c3)NCCN4)c2F)c2ccccc12. The molecule has 3 N–H and O–H groups in total. The van der Waals surface area contributed by atoms with Gasteiger partial charge >= 0.3 is 0 Å². The highest BCUT2D eigenvalue weighted by Crippen LogP contribution is 2.34. The van der Waals surface area contributed by atoms with Crippen LogP contribution >= 0.6 is 0 Å². The Balaban J connectivity index is 1.22. The van der Waals surface area contributed by atoms with Crippen LogP contribution in [0.25, 0.3) is 22.0 Å². The standard InChI is InChI=1S/C30H28F2N6O3/c1-17(39)29-21-5-2-3-8-25(21)38(36-29)16-27(40)37-15-19(31)14-26(37)30(41)35-23-7-4-6-20(28(23)32)18-9-10-22-24(13-18)34-12-11-33-22/h2-10,13,19,26,33-34H,11-12,14-16H2,1H3,(H,35,41)/t19-,26+/m1/s1. The second-order valence-corrected chi connectivity index (χ2v) is 10.2. The second-order valence-electron chi connectivity index (χ2n) is 10.2. The first-order valence-electron chi connectivity index (χ1n) is 13.4. The minimum absolute atomic E-state index is 0.0600. The fraction of sp³-hybridized carbons (Fsp3) is 0.267. The molecule has 6 rings (SSSR count). The van der Waals surface area contributed by atoms with E-state index in [9.17, 15) is 18.8 Å². The van der Waals surface area contributed by atoms with Crippen LogP contribution in [-0.4, -0.2) is 64.1 Å². The number of carbonyl (C=O) groups excluding carboxylic acids is 3. The summed E-state index contributed by atoms with van der Waals surface area (Å²) in [5.41, 5.74) is 3.47. The summed E-state index contributed by atoms with van der Waals surface area (Å²) in [6.07, 6.45) is -1.62. The minimum Gasteiger partial charge on any atom is -0.382 e. The Hall–Kier alpha value is -4.80. The topological polar surface area (TPSA) is 108 Å². The summed E-state index contributed by atoms with van der Waals surface area (Å²) in [5.74, 6) is -2.09. The van der Waals surface area contributed by atoms with E-state index in [1.54, 1.807) is 42.5 Å². The Labute approximate surface area is 234 Å². The van der Waals surface area contributed by atoms with E-state index in [2.05, 4.69) is 21.0 Å². The molecule has 4 aromatic rings. The predicted octanol–water partition coefficient (Wildman–Crippen LogP) is 4.46. The third-order valence-corrected chi connectivity index (χ3v) is 7.49. The number of Topliss-reactive ketones (excluding diaryl/α,β-unsaturated/α-hetero) is 1. The molecule has 0 unspecified atom stereocenters. The van der Waals surface area contributed by atoms with Gasteiger partial charge in [0.25, 0.3) is 0 Å². The lowest BCUT2D eigenvalue weighted by Crippen LogP contribution is -2.44. The molecule has 0 saturated carbocycles. The number of nitrogens with zero attached hydrogens (tertiary/aromatic N) is 3. The van der Waals surface area contributed by atoms with Crippen molar-refractivity contribution in [3.63, 3.8) is 0 Å². The van der Waals surface area contributed by atoms with Crippen molar-refractivity contribution in [2.24, 2.45) is 0 Å². The molecular weight excluding hydrogens is 530 g/mol. The highest BCUT2D eigenvalue weighted by molar-refractivity contribution is 6.05. The molecule has 2 atom stereocenters. The number of rotatable bonds is 6. The zero-order valence-electron chi connectivity index (χ0n) is 22.3. The van der Waals surface area contributed by atoms with Crippen LogP contribution in [0.2, 0.25) is 0 Å². The van der Waals surface area contributed by atoms with Crippen molar-refractivity contribution in [3.8, 4) is 11.1 Å². The average Bonchev–Trinajstić information content (AvgIpc) is 3.55. The molecule has 1 fully saturated rings. The van der Waals surface area contributed by atoms with Gasteiger partial charge in [0.1, 0.15) is 24.5 Å². The molecular formula is C30H28F2N6O3. The van der Waals surface area contributed by atoms with Gasteiger partial charge in [-0.05, 0) is 29.8 Å². The minimum atomic E-state index is -1.41. The number of halogens is 2. The molecule has 0 bridgehead atoms. The van der Waals surface area contributed by atoms with Gasteiger partial charge in [-0.15, -0.1) is 0 Å². The van der Waals surface area contributed by atoms with Gasteiger partial charge in [-0.2, -0.15) is 5.10 Å². The molecule has 11 heteroatoms. The second kappa shape index (κ2) is 10.6. The third kappa shape index (κ3) is 4.99. The maximum absolute atomic E-state index is 15.6. The monoisotopic (exact) mass is 558 g/mol. The number of nitrogens with one attached hydrogen (secondary N) is 3. The van der Waals surface area contributed by atoms with Crippen molar-refractivity contribution in [3.05, 3.63) is 72.2 Å². The number of alkyl halides is 1. The van der Waals surface area contributed by atoms with E-state index in [0.29, 0.717) is 22.0 Å². The van der Waals surface area contributed by atoms with Gasteiger partial charge in [-0.3, -0.25) is 19.1 Å². The highest BCUT2D eigenvalue weighted by Gasteiger charge is 2.40. The van der Waals surface area contributed by atoms with Crippen molar-refractivity contribution in [2.75, 3.05) is 35.6 Å². The number of likely N-dealkylation sites (tertiary alicyclic amines) is 1. The van der Waals surface area contributed by atoms with E-state index < -0.39 is 29.8 Å². The van der Waals surface area contributed by atoms with Crippen LogP contribution in [0, 0.1) is 5.82 Å². The molecule has 1 aromatic heterocycles. The summed E-state index contributed by atoms with van der Waals surface area (Å²) in [4.78, 5) is 39.9. The van der Waals surface area contributed by atoms with Crippen LogP contribution < -0.4 is 16.0 Å². The maximum atomic E-state index is 15.6. The Morgan fingerprint density at radius 2 is 1.80 bits per heavy atom. The van der Waals surface area contributed by atoms with Gasteiger partial charge in [-0.1, -0.05) is 36.4 Å². The van der Waals surface area contributed by atoms with Crippen LogP contribution in [-0.2, 0) is 16.1 Å². The molecule has 3 heterocycles. The number of carbonyl (C=O) groups is 3. The van der Waals surface area contributed by atoms with Crippen LogP contribution in [0.15, 0.2) is 60.7 Å². The van der Waals surface area contributed by atoms with Crippen molar-refractivity contribution in [2.45, 2.75) is 32.1 Å². The molecule has 2 aliphatic rings. The number of amides is 2. The number of para-hydroxylation sites is 1. The van der Waals surface area contributed by atoms with Crippen LogP contribution in [0.5, 0.6) is 0 Å². The molecule has 1 saturated heterocycles. The number of hydrogen-bond acceptors (Lipinski definition) is 6. The lowest BCUT2D eigenvalue weighted by Gasteiger charge is -2.24. The summed E-state index contributed by atoms with van der Waals surface area (Å²) in [7, 11) is 0. The molecule has 2 aliphatic heterocycles. The summed E-state index contributed by atoms with van der Waals surface area (Å²) in [6, 6.07) is 16.1. The van der Waals surface area contributed by atoms with E-state index in [1.807, 2.05) is 12.1 Å².